The summed E-state index contributed by atoms with van der Waals surface area (Å²) in [5, 5.41) is 0.780. The third kappa shape index (κ3) is 2.44. The first-order chi connectivity index (χ1) is 9.65. The Morgan fingerprint density at radius 1 is 1.10 bits per heavy atom. The molecular weight excluding hydrogens is 268 g/mol. The zero-order valence-corrected chi connectivity index (χ0v) is 12.4. The first kappa shape index (κ1) is 13.2. The van der Waals surface area contributed by atoms with Crippen LogP contribution in [0.5, 0.6) is 0 Å². The molecule has 1 aliphatic rings. The number of hydrogen-bond donors (Lipinski definition) is 0. The van der Waals surface area contributed by atoms with Gasteiger partial charge in [-0.15, -0.1) is 0 Å². The van der Waals surface area contributed by atoms with Crippen molar-refractivity contribution in [3.63, 3.8) is 0 Å². The van der Waals surface area contributed by atoms with Crippen LogP contribution in [0.3, 0.4) is 0 Å². The summed E-state index contributed by atoms with van der Waals surface area (Å²) in [5.41, 5.74) is 5.03. The van der Waals surface area contributed by atoms with E-state index in [-0.39, 0.29) is 0 Å². The number of fused-ring (bicyclic) bond motifs is 1. The van der Waals surface area contributed by atoms with E-state index < -0.39 is 0 Å². The second-order valence-electron chi connectivity index (χ2n) is 5.24. The number of benzene rings is 2. The maximum atomic E-state index is 5.96. The summed E-state index contributed by atoms with van der Waals surface area (Å²) < 4.78 is 0. The maximum absolute atomic E-state index is 5.96. The standard InChI is InChI=1S/C17H17ClN2/c1-12(13-5-7-16(18)8-6-13)14-3-4-15-10-19-11-20(2)17(15)9-14/h3-10,12H,11H2,1-2H3. The van der Waals surface area contributed by atoms with Gasteiger partial charge in [0.05, 0.1) is 0 Å². The lowest BCUT2D eigenvalue weighted by molar-refractivity contribution is 0.897. The molecule has 3 rings (SSSR count). The molecule has 1 aliphatic heterocycles. The summed E-state index contributed by atoms with van der Waals surface area (Å²) in [6, 6.07) is 14.7. The van der Waals surface area contributed by atoms with Crippen molar-refractivity contribution in [2.75, 3.05) is 18.6 Å². The highest BCUT2D eigenvalue weighted by Crippen LogP contribution is 2.30. The van der Waals surface area contributed by atoms with Crippen molar-refractivity contribution >= 4 is 23.5 Å². The van der Waals surface area contributed by atoms with Crippen molar-refractivity contribution in [3.8, 4) is 0 Å². The van der Waals surface area contributed by atoms with Crippen molar-refractivity contribution in [2.45, 2.75) is 12.8 Å². The second kappa shape index (κ2) is 5.29. The molecule has 20 heavy (non-hydrogen) atoms. The van der Waals surface area contributed by atoms with E-state index in [0.29, 0.717) is 5.92 Å². The van der Waals surface area contributed by atoms with Gasteiger partial charge in [0.25, 0.3) is 0 Å². The Labute approximate surface area is 124 Å². The molecule has 0 spiro atoms. The number of rotatable bonds is 2. The first-order valence-electron chi connectivity index (χ1n) is 6.75. The van der Waals surface area contributed by atoms with Crippen LogP contribution < -0.4 is 4.90 Å². The van der Waals surface area contributed by atoms with Crippen molar-refractivity contribution in [1.82, 2.24) is 0 Å². The molecule has 0 N–H and O–H groups in total. The Morgan fingerprint density at radius 3 is 2.55 bits per heavy atom. The van der Waals surface area contributed by atoms with Gasteiger partial charge in [0, 0.05) is 35.5 Å². The van der Waals surface area contributed by atoms with Gasteiger partial charge in [-0.2, -0.15) is 0 Å². The third-order valence-electron chi connectivity index (χ3n) is 3.86. The lowest BCUT2D eigenvalue weighted by atomic mass is 9.92. The Bertz CT molecular complexity index is 647. The van der Waals surface area contributed by atoms with Crippen molar-refractivity contribution in [1.29, 1.82) is 0 Å². The lowest BCUT2D eigenvalue weighted by Crippen LogP contribution is -2.22. The average Bonchev–Trinajstić information content (AvgIpc) is 2.47. The van der Waals surface area contributed by atoms with Gasteiger partial charge in [-0.25, -0.2) is 0 Å². The molecule has 2 aromatic rings. The molecule has 1 unspecified atom stereocenters. The van der Waals surface area contributed by atoms with E-state index in [4.69, 9.17) is 11.6 Å². The molecule has 2 aromatic carbocycles. The summed E-state index contributed by atoms with van der Waals surface area (Å²) in [6.45, 7) is 2.95. The molecule has 3 heteroatoms. The van der Waals surface area contributed by atoms with E-state index in [1.165, 1.54) is 22.4 Å². The highest BCUT2D eigenvalue weighted by Gasteiger charge is 2.14. The fraction of sp³-hybridized carbons (Fsp3) is 0.235. The first-order valence-corrected chi connectivity index (χ1v) is 7.13. The molecule has 0 saturated heterocycles. The predicted octanol–water partition coefficient (Wildman–Crippen LogP) is 4.32. The molecular formula is C17H17ClN2. The molecule has 102 valence electrons. The van der Waals surface area contributed by atoms with E-state index in [2.05, 4.69) is 54.2 Å². The molecule has 0 bridgehead atoms. The van der Waals surface area contributed by atoms with Crippen LogP contribution >= 0.6 is 11.6 Å². The maximum Gasteiger partial charge on any atom is 0.109 e. The molecule has 1 heterocycles. The summed E-state index contributed by atoms with van der Waals surface area (Å²) in [6.07, 6.45) is 1.95. The molecule has 0 fully saturated rings. The number of halogens is 1. The van der Waals surface area contributed by atoms with Gasteiger partial charge >= 0.3 is 0 Å². The van der Waals surface area contributed by atoms with Gasteiger partial charge in [-0.05, 0) is 29.3 Å². The molecule has 2 nitrogen and oxygen atoms in total. The summed E-state index contributed by atoms with van der Waals surface area (Å²) in [4.78, 5) is 6.50. The van der Waals surface area contributed by atoms with Gasteiger partial charge in [-0.1, -0.05) is 42.8 Å². The highest BCUT2D eigenvalue weighted by atomic mass is 35.5. The highest BCUT2D eigenvalue weighted by molar-refractivity contribution is 6.30. The van der Waals surface area contributed by atoms with Crippen LogP contribution in [0, 0.1) is 0 Å². The Kier molecular flexibility index (Phi) is 3.49. The van der Waals surface area contributed by atoms with E-state index in [9.17, 15) is 0 Å². The van der Waals surface area contributed by atoms with Crippen molar-refractivity contribution < 1.29 is 0 Å². The quantitative estimate of drug-likeness (QED) is 0.802. The van der Waals surface area contributed by atoms with Crippen LogP contribution in [0.15, 0.2) is 47.5 Å². The van der Waals surface area contributed by atoms with E-state index >= 15 is 0 Å². The van der Waals surface area contributed by atoms with E-state index in [1.807, 2.05) is 18.3 Å². The third-order valence-corrected chi connectivity index (χ3v) is 4.11. The van der Waals surface area contributed by atoms with Gasteiger partial charge in [0.1, 0.15) is 6.67 Å². The zero-order valence-electron chi connectivity index (χ0n) is 11.7. The van der Waals surface area contributed by atoms with Crippen molar-refractivity contribution in [3.05, 3.63) is 64.2 Å². The number of hydrogen-bond acceptors (Lipinski definition) is 2. The van der Waals surface area contributed by atoms with Gasteiger partial charge in [-0.3, -0.25) is 4.99 Å². The van der Waals surface area contributed by atoms with Crippen LogP contribution in [0.25, 0.3) is 0 Å². The fourth-order valence-electron chi connectivity index (χ4n) is 2.55. The Morgan fingerprint density at radius 2 is 1.80 bits per heavy atom. The summed E-state index contributed by atoms with van der Waals surface area (Å²) in [5.74, 6) is 0.352. The zero-order chi connectivity index (χ0) is 14.1. The van der Waals surface area contributed by atoms with E-state index in [0.717, 1.165) is 11.7 Å². The monoisotopic (exact) mass is 284 g/mol. The van der Waals surface area contributed by atoms with Gasteiger partial charge < -0.3 is 4.90 Å². The van der Waals surface area contributed by atoms with E-state index in [1.54, 1.807) is 0 Å². The van der Waals surface area contributed by atoms with Crippen LogP contribution in [0.2, 0.25) is 5.02 Å². The normalized spacial score (nSPS) is 15.1. The van der Waals surface area contributed by atoms with Crippen LogP contribution in [0.1, 0.15) is 29.5 Å². The minimum Gasteiger partial charge on any atom is -0.355 e. The largest absolute Gasteiger partial charge is 0.355 e. The predicted molar refractivity (Wildman–Crippen MR) is 86.3 cm³/mol. The number of nitrogens with zero attached hydrogens (tertiary/aromatic N) is 2. The van der Waals surface area contributed by atoms with Crippen LogP contribution in [-0.4, -0.2) is 19.9 Å². The minimum atomic E-state index is 0.352. The lowest BCUT2D eigenvalue weighted by Gasteiger charge is -2.24. The minimum absolute atomic E-state index is 0.352. The molecule has 1 atom stereocenters. The molecule has 0 aliphatic carbocycles. The second-order valence-corrected chi connectivity index (χ2v) is 5.68. The topological polar surface area (TPSA) is 15.6 Å². The molecule has 0 aromatic heterocycles. The fourth-order valence-corrected chi connectivity index (χ4v) is 2.68. The van der Waals surface area contributed by atoms with Gasteiger partial charge in [0.2, 0.25) is 0 Å². The van der Waals surface area contributed by atoms with Gasteiger partial charge in [0.15, 0.2) is 0 Å². The average molecular weight is 285 g/mol. The number of aliphatic imine (C=N–C) groups is 1. The summed E-state index contributed by atoms with van der Waals surface area (Å²) >= 11 is 5.96. The number of anilines is 1. The van der Waals surface area contributed by atoms with Crippen molar-refractivity contribution in [2.24, 2.45) is 4.99 Å². The molecule has 0 amide bonds. The molecule has 0 saturated carbocycles. The van der Waals surface area contributed by atoms with Crippen LogP contribution in [-0.2, 0) is 0 Å². The summed E-state index contributed by atoms with van der Waals surface area (Å²) in [7, 11) is 2.08. The van der Waals surface area contributed by atoms with Crippen LogP contribution in [0.4, 0.5) is 5.69 Å². The smallest absolute Gasteiger partial charge is 0.109 e. The Balaban J connectivity index is 1.96. The molecule has 0 radical (unpaired) electrons. The SMILES string of the molecule is CC(c1ccc(Cl)cc1)c1ccc2c(c1)N(C)CN=C2. The Hall–Kier alpha value is -1.80.